The summed E-state index contributed by atoms with van der Waals surface area (Å²) in [6.45, 7) is 0.910. The number of hydrogen-bond donors (Lipinski definition) is 2. The standard InChI is InChI=1S/C17H20N4O3S/c22-17(20-11-13-1-2-13)14-3-5-16(6-4-14)25(23,24)21-8-7-15-12-18-9-10-19-15/h3-6,9-10,12-13,21H,1-2,7-8,11H2,(H,20,22). The Morgan fingerprint density at radius 3 is 2.56 bits per heavy atom. The van der Waals surface area contributed by atoms with Crippen LogP contribution in [0.25, 0.3) is 0 Å². The maximum Gasteiger partial charge on any atom is 0.251 e. The summed E-state index contributed by atoms with van der Waals surface area (Å²) in [6.07, 6.45) is 7.51. The van der Waals surface area contributed by atoms with Crippen molar-refractivity contribution in [1.29, 1.82) is 0 Å². The summed E-state index contributed by atoms with van der Waals surface area (Å²) >= 11 is 0. The van der Waals surface area contributed by atoms with Gasteiger partial charge < -0.3 is 5.32 Å². The molecule has 1 heterocycles. The summed E-state index contributed by atoms with van der Waals surface area (Å²) in [5.74, 6) is 0.425. The van der Waals surface area contributed by atoms with Gasteiger partial charge in [-0.1, -0.05) is 0 Å². The van der Waals surface area contributed by atoms with Gasteiger partial charge in [0.05, 0.1) is 10.6 Å². The molecule has 25 heavy (non-hydrogen) atoms. The van der Waals surface area contributed by atoms with Crippen molar-refractivity contribution in [2.75, 3.05) is 13.1 Å². The zero-order valence-corrected chi connectivity index (χ0v) is 14.5. The topological polar surface area (TPSA) is 101 Å². The van der Waals surface area contributed by atoms with Crippen molar-refractivity contribution in [2.45, 2.75) is 24.2 Å². The number of nitrogens with zero attached hydrogens (tertiary/aromatic N) is 2. The first-order chi connectivity index (χ1) is 12.0. The molecule has 1 saturated carbocycles. The van der Waals surface area contributed by atoms with Gasteiger partial charge in [0, 0.05) is 43.7 Å². The van der Waals surface area contributed by atoms with E-state index >= 15 is 0 Å². The molecule has 0 aliphatic heterocycles. The third-order valence-electron chi connectivity index (χ3n) is 3.96. The van der Waals surface area contributed by atoms with Gasteiger partial charge in [0.15, 0.2) is 0 Å². The van der Waals surface area contributed by atoms with E-state index in [1.165, 1.54) is 24.3 Å². The number of amides is 1. The van der Waals surface area contributed by atoms with E-state index in [0.29, 0.717) is 30.1 Å². The number of hydrogen-bond acceptors (Lipinski definition) is 5. The first-order valence-corrected chi connectivity index (χ1v) is 9.66. The Kier molecular flexibility index (Phi) is 5.40. The molecule has 1 aliphatic carbocycles. The fourth-order valence-corrected chi connectivity index (χ4v) is 3.33. The van der Waals surface area contributed by atoms with Gasteiger partial charge in [-0.25, -0.2) is 13.1 Å². The molecular formula is C17H20N4O3S. The molecule has 8 heteroatoms. The number of carbonyl (C=O) groups excluding carboxylic acids is 1. The maximum atomic E-state index is 12.3. The predicted molar refractivity (Wildman–Crippen MR) is 92.4 cm³/mol. The summed E-state index contributed by atoms with van der Waals surface area (Å²) in [5, 5.41) is 2.85. The molecule has 1 fully saturated rings. The fraction of sp³-hybridized carbons (Fsp3) is 0.353. The lowest BCUT2D eigenvalue weighted by Gasteiger charge is -2.08. The van der Waals surface area contributed by atoms with Crippen LogP contribution in [0.5, 0.6) is 0 Å². The minimum Gasteiger partial charge on any atom is -0.352 e. The molecule has 0 spiro atoms. The van der Waals surface area contributed by atoms with E-state index in [-0.39, 0.29) is 17.3 Å². The van der Waals surface area contributed by atoms with E-state index in [4.69, 9.17) is 0 Å². The molecule has 1 amide bonds. The lowest BCUT2D eigenvalue weighted by atomic mass is 10.2. The van der Waals surface area contributed by atoms with Crippen molar-refractivity contribution in [3.05, 3.63) is 54.1 Å². The van der Waals surface area contributed by atoms with Crippen molar-refractivity contribution in [2.24, 2.45) is 5.92 Å². The van der Waals surface area contributed by atoms with Crippen LogP contribution in [-0.2, 0) is 16.4 Å². The van der Waals surface area contributed by atoms with Gasteiger partial charge in [-0.15, -0.1) is 0 Å². The van der Waals surface area contributed by atoms with Crippen molar-refractivity contribution >= 4 is 15.9 Å². The van der Waals surface area contributed by atoms with Crippen molar-refractivity contribution < 1.29 is 13.2 Å². The Labute approximate surface area is 146 Å². The van der Waals surface area contributed by atoms with Crippen LogP contribution in [0.1, 0.15) is 28.9 Å². The number of sulfonamides is 1. The second-order valence-corrected chi connectivity index (χ2v) is 7.79. The summed E-state index contributed by atoms with van der Waals surface area (Å²) in [4.78, 5) is 20.1. The minimum atomic E-state index is -3.62. The van der Waals surface area contributed by atoms with E-state index < -0.39 is 10.0 Å². The van der Waals surface area contributed by atoms with E-state index in [1.807, 2.05) is 0 Å². The molecule has 3 rings (SSSR count). The van der Waals surface area contributed by atoms with Crippen LogP contribution < -0.4 is 10.0 Å². The predicted octanol–water partition coefficient (Wildman–Crippen LogP) is 1.14. The average Bonchev–Trinajstić information content (AvgIpc) is 3.45. The third kappa shape index (κ3) is 5.07. The van der Waals surface area contributed by atoms with Crippen LogP contribution in [0.15, 0.2) is 47.8 Å². The Morgan fingerprint density at radius 1 is 1.16 bits per heavy atom. The van der Waals surface area contributed by atoms with Gasteiger partial charge >= 0.3 is 0 Å². The van der Waals surface area contributed by atoms with Gasteiger partial charge in [0.1, 0.15) is 0 Å². The molecule has 2 aromatic rings. The molecule has 1 aromatic carbocycles. The number of nitrogens with one attached hydrogen (secondary N) is 2. The summed E-state index contributed by atoms with van der Waals surface area (Å²) in [5.41, 5.74) is 1.17. The van der Waals surface area contributed by atoms with Gasteiger partial charge in [0.2, 0.25) is 10.0 Å². The Morgan fingerprint density at radius 2 is 1.92 bits per heavy atom. The molecule has 0 radical (unpaired) electrons. The maximum absolute atomic E-state index is 12.3. The molecule has 1 aliphatic rings. The minimum absolute atomic E-state index is 0.130. The van der Waals surface area contributed by atoms with E-state index in [2.05, 4.69) is 20.0 Å². The monoisotopic (exact) mass is 360 g/mol. The normalized spacial score (nSPS) is 14.2. The van der Waals surface area contributed by atoms with Crippen LogP contribution in [0.4, 0.5) is 0 Å². The SMILES string of the molecule is O=C(NCC1CC1)c1ccc(S(=O)(=O)NCCc2cnccn2)cc1. The highest BCUT2D eigenvalue weighted by atomic mass is 32.2. The second-order valence-electron chi connectivity index (χ2n) is 6.02. The quantitative estimate of drug-likeness (QED) is 0.735. The molecule has 132 valence electrons. The molecule has 0 saturated heterocycles. The van der Waals surface area contributed by atoms with Crippen LogP contribution in [0.2, 0.25) is 0 Å². The average molecular weight is 360 g/mol. The molecule has 0 unspecified atom stereocenters. The second kappa shape index (κ2) is 7.71. The molecular weight excluding hydrogens is 340 g/mol. The largest absolute Gasteiger partial charge is 0.352 e. The highest BCUT2D eigenvalue weighted by molar-refractivity contribution is 7.89. The summed E-state index contributed by atoms with van der Waals surface area (Å²) in [7, 11) is -3.62. The Bertz CT molecular complexity index is 819. The van der Waals surface area contributed by atoms with Gasteiger partial charge in [0.25, 0.3) is 5.91 Å². The third-order valence-corrected chi connectivity index (χ3v) is 5.44. The Hall–Kier alpha value is -2.32. The van der Waals surface area contributed by atoms with Crippen LogP contribution in [-0.4, -0.2) is 37.4 Å². The molecule has 0 bridgehead atoms. The van der Waals surface area contributed by atoms with E-state index in [0.717, 1.165) is 12.8 Å². The smallest absolute Gasteiger partial charge is 0.251 e. The highest BCUT2D eigenvalue weighted by Crippen LogP contribution is 2.27. The summed E-state index contributed by atoms with van der Waals surface area (Å²) in [6, 6.07) is 5.94. The Balaban J connectivity index is 1.55. The molecule has 0 atom stereocenters. The number of benzene rings is 1. The summed E-state index contributed by atoms with van der Waals surface area (Å²) < 4.78 is 27.1. The fourth-order valence-electron chi connectivity index (χ4n) is 2.30. The number of aromatic nitrogens is 2. The van der Waals surface area contributed by atoms with Crippen LogP contribution in [0.3, 0.4) is 0 Å². The lowest BCUT2D eigenvalue weighted by molar-refractivity contribution is 0.0951. The molecule has 7 nitrogen and oxygen atoms in total. The number of rotatable bonds is 8. The van der Waals surface area contributed by atoms with Crippen molar-refractivity contribution in [1.82, 2.24) is 20.0 Å². The highest BCUT2D eigenvalue weighted by Gasteiger charge is 2.22. The molecule has 1 aromatic heterocycles. The zero-order chi connectivity index (χ0) is 17.7. The van der Waals surface area contributed by atoms with Crippen LogP contribution in [0, 0.1) is 5.92 Å². The first-order valence-electron chi connectivity index (χ1n) is 8.17. The van der Waals surface area contributed by atoms with Gasteiger partial charge in [-0.2, -0.15) is 0 Å². The van der Waals surface area contributed by atoms with Crippen molar-refractivity contribution in [3.63, 3.8) is 0 Å². The van der Waals surface area contributed by atoms with E-state index in [9.17, 15) is 13.2 Å². The van der Waals surface area contributed by atoms with Crippen molar-refractivity contribution in [3.8, 4) is 0 Å². The zero-order valence-electron chi connectivity index (χ0n) is 13.7. The van der Waals surface area contributed by atoms with E-state index in [1.54, 1.807) is 18.6 Å². The first kappa shape index (κ1) is 17.5. The number of carbonyl (C=O) groups is 1. The van der Waals surface area contributed by atoms with Gasteiger partial charge in [-0.3, -0.25) is 14.8 Å². The van der Waals surface area contributed by atoms with Gasteiger partial charge in [-0.05, 0) is 43.0 Å². The lowest BCUT2D eigenvalue weighted by Crippen LogP contribution is -2.27. The molecule has 2 N–H and O–H groups in total. The van der Waals surface area contributed by atoms with Crippen LogP contribution >= 0.6 is 0 Å².